The maximum atomic E-state index is 12.7. The summed E-state index contributed by atoms with van der Waals surface area (Å²) >= 11 is 5.48. The highest BCUT2D eigenvalue weighted by Crippen LogP contribution is 2.35. The molecule has 114 valence electrons. The number of alkyl halides is 5. The Morgan fingerprint density at radius 1 is 1.15 bits per heavy atom. The van der Waals surface area contributed by atoms with Crippen LogP contribution in [0.5, 0.6) is 6.01 Å². The van der Waals surface area contributed by atoms with Gasteiger partial charge in [-0.15, -0.1) is 0 Å². The van der Waals surface area contributed by atoms with Crippen LogP contribution in [0, 0.1) is 0 Å². The van der Waals surface area contributed by atoms with Crippen LogP contribution in [0.2, 0.25) is 5.28 Å². The van der Waals surface area contributed by atoms with Crippen molar-refractivity contribution >= 4 is 17.5 Å². The third-order valence-electron chi connectivity index (χ3n) is 1.92. The van der Waals surface area contributed by atoms with Crippen LogP contribution in [0.4, 0.5) is 27.9 Å². The van der Waals surface area contributed by atoms with E-state index in [2.05, 4.69) is 25.0 Å². The zero-order valence-electron chi connectivity index (χ0n) is 10.1. The summed E-state index contributed by atoms with van der Waals surface area (Å²) in [6.45, 7) is 0.361. The van der Waals surface area contributed by atoms with Gasteiger partial charge in [0.1, 0.15) is 0 Å². The molecule has 0 aliphatic rings. The van der Waals surface area contributed by atoms with Crippen LogP contribution in [0.3, 0.4) is 0 Å². The third-order valence-corrected chi connectivity index (χ3v) is 2.09. The van der Waals surface area contributed by atoms with Crippen molar-refractivity contribution in [2.24, 2.45) is 0 Å². The van der Waals surface area contributed by atoms with Crippen molar-refractivity contribution in [2.45, 2.75) is 25.4 Å². The molecular formula is C9H10ClF5N4O. The van der Waals surface area contributed by atoms with Crippen molar-refractivity contribution < 1.29 is 26.7 Å². The summed E-state index contributed by atoms with van der Waals surface area (Å²) in [7, 11) is 0. The van der Waals surface area contributed by atoms with E-state index in [1.54, 1.807) is 0 Å². The predicted octanol–water partition coefficient (Wildman–Crippen LogP) is 2.92. The van der Waals surface area contributed by atoms with Gasteiger partial charge in [0, 0.05) is 6.54 Å². The molecule has 0 saturated heterocycles. The lowest BCUT2D eigenvalue weighted by Gasteiger charge is -2.19. The smallest absolute Gasteiger partial charge is 0.456 e. The summed E-state index contributed by atoms with van der Waals surface area (Å²) in [6.07, 6.45) is -5.00. The number of rotatable bonds is 6. The minimum absolute atomic E-state index is 0.0721. The van der Waals surface area contributed by atoms with Crippen molar-refractivity contribution in [1.29, 1.82) is 0 Å². The first-order valence-corrected chi connectivity index (χ1v) is 5.76. The second-order valence-corrected chi connectivity index (χ2v) is 3.97. The van der Waals surface area contributed by atoms with E-state index in [9.17, 15) is 22.0 Å². The highest BCUT2D eigenvalue weighted by atomic mass is 35.5. The van der Waals surface area contributed by atoms with Crippen LogP contribution in [0.15, 0.2) is 0 Å². The fourth-order valence-electron chi connectivity index (χ4n) is 0.949. The second-order valence-electron chi connectivity index (χ2n) is 3.63. The molecule has 0 saturated carbocycles. The van der Waals surface area contributed by atoms with Crippen LogP contribution in [-0.4, -0.2) is 40.2 Å². The molecule has 0 bridgehead atoms. The standard InChI is InChI=1S/C9H10ClF5N4O/c1-2-3-16-6-17-5(10)18-7(19-6)20-4-8(11,12)9(13,14)15/h2-4H2,1H3,(H,16,17,18,19). The molecule has 0 atom stereocenters. The molecule has 5 nitrogen and oxygen atoms in total. The lowest BCUT2D eigenvalue weighted by molar-refractivity contribution is -0.290. The van der Waals surface area contributed by atoms with Gasteiger partial charge < -0.3 is 10.1 Å². The minimum Gasteiger partial charge on any atom is -0.456 e. The van der Waals surface area contributed by atoms with Gasteiger partial charge in [0.05, 0.1) is 0 Å². The summed E-state index contributed by atoms with van der Waals surface area (Å²) in [5, 5.41) is 2.28. The van der Waals surface area contributed by atoms with Crippen molar-refractivity contribution in [1.82, 2.24) is 15.0 Å². The Kier molecular flexibility index (Phi) is 5.26. The van der Waals surface area contributed by atoms with Gasteiger partial charge in [-0.05, 0) is 18.0 Å². The molecule has 11 heteroatoms. The fraction of sp³-hybridized carbons (Fsp3) is 0.667. The number of aromatic nitrogens is 3. The van der Waals surface area contributed by atoms with Crippen molar-refractivity contribution in [2.75, 3.05) is 18.5 Å². The number of hydrogen-bond donors (Lipinski definition) is 1. The summed E-state index contributed by atoms with van der Waals surface area (Å²) in [6, 6.07) is -0.715. The topological polar surface area (TPSA) is 59.9 Å². The molecular weight excluding hydrogens is 311 g/mol. The molecule has 1 N–H and O–H groups in total. The van der Waals surface area contributed by atoms with Gasteiger partial charge in [-0.1, -0.05) is 6.92 Å². The van der Waals surface area contributed by atoms with Crippen LogP contribution >= 0.6 is 11.6 Å². The zero-order valence-corrected chi connectivity index (χ0v) is 10.9. The average Bonchev–Trinajstić information content (AvgIpc) is 2.32. The average molecular weight is 321 g/mol. The lowest BCUT2D eigenvalue weighted by Crippen LogP contribution is -2.42. The van der Waals surface area contributed by atoms with E-state index in [1.165, 1.54) is 0 Å². The lowest BCUT2D eigenvalue weighted by atomic mass is 10.3. The van der Waals surface area contributed by atoms with E-state index in [4.69, 9.17) is 11.6 Å². The minimum atomic E-state index is -5.72. The Labute approximate surface area is 115 Å². The molecule has 0 amide bonds. The van der Waals surface area contributed by atoms with E-state index in [-0.39, 0.29) is 11.2 Å². The van der Waals surface area contributed by atoms with Gasteiger partial charge in [-0.25, -0.2) is 0 Å². The quantitative estimate of drug-likeness (QED) is 0.817. The van der Waals surface area contributed by atoms with Gasteiger partial charge in [0.15, 0.2) is 6.61 Å². The summed E-state index contributed by atoms with van der Waals surface area (Å²) in [4.78, 5) is 10.4. The Bertz CT molecular complexity index is 456. The number of halogens is 6. The van der Waals surface area contributed by atoms with Crippen LogP contribution in [-0.2, 0) is 0 Å². The summed E-state index contributed by atoms with van der Waals surface area (Å²) in [5.41, 5.74) is 0. The number of hydrogen-bond acceptors (Lipinski definition) is 5. The zero-order chi connectivity index (χ0) is 15.4. The highest BCUT2D eigenvalue weighted by molar-refractivity contribution is 6.28. The Morgan fingerprint density at radius 3 is 2.35 bits per heavy atom. The van der Waals surface area contributed by atoms with Gasteiger partial charge in [-0.3, -0.25) is 0 Å². The van der Waals surface area contributed by atoms with E-state index in [1.807, 2.05) is 6.92 Å². The molecule has 1 aromatic heterocycles. The molecule has 1 heterocycles. The molecule has 0 aromatic carbocycles. The van der Waals surface area contributed by atoms with Crippen molar-refractivity contribution in [3.63, 3.8) is 0 Å². The van der Waals surface area contributed by atoms with Crippen molar-refractivity contribution in [3.8, 4) is 6.01 Å². The molecule has 0 unspecified atom stereocenters. The maximum absolute atomic E-state index is 12.7. The molecule has 0 aliphatic carbocycles. The molecule has 0 aliphatic heterocycles. The normalized spacial score (nSPS) is 12.3. The van der Waals surface area contributed by atoms with Gasteiger partial charge >= 0.3 is 18.1 Å². The molecule has 1 rings (SSSR count). The first-order chi connectivity index (χ1) is 9.15. The molecule has 0 spiro atoms. The first kappa shape index (κ1) is 16.6. The summed E-state index contributed by atoms with van der Waals surface area (Å²) in [5.74, 6) is -5.08. The van der Waals surface area contributed by atoms with Crippen LogP contribution < -0.4 is 10.1 Å². The van der Waals surface area contributed by atoms with E-state index in [0.29, 0.717) is 13.0 Å². The maximum Gasteiger partial charge on any atom is 0.456 e. The SMILES string of the molecule is CCCNc1nc(Cl)nc(OCC(F)(F)C(F)(F)F)n1. The fourth-order valence-corrected chi connectivity index (χ4v) is 1.10. The van der Waals surface area contributed by atoms with Gasteiger partial charge in [-0.2, -0.15) is 36.9 Å². The van der Waals surface area contributed by atoms with Crippen molar-refractivity contribution in [3.05, 3.63) is 5.28 Å². The Hall–Kier alpha value is -1.45. The third kappa shape index (κ3) is 4.58. The summed E-state index contributed by atoms with van der Waals surface area (Å²) < 4.78 is 65.4. The van der Waals surface area contributed by atoms with E-state index in [0.717, 1.165) is 0 Å². The van der Waals surface area contributed by atoms with Gasteiger partial charge in [0.25, 0.3) is 0 Å². The number of nitrogens with zero attached hydrogens (tertiary/aromatic N) is 3. The first-order valence-electron chi connectivity index (χ1n) is 5.38. The van der Waals surface area contributed by atoms with Crippen LogP contribution in [0.1, 0.15) is 13.3 Å². The second kappa shape index (κ2) is 6.33. The Balaban J connectivity index is 2.75. The molecule has 20 heavy (non-hydrogen) atoms. The molecule has 0 fully saturated rings. The predicted molar refractivity (Wildman–Crippen MR) is 60.1 cm³/mol. The molecule has 1 aromatic rings. The Morgan fingerprint density at radius 2 is 1.80 bits per heavy atom. The highest BCUT2D eigenvalue weighted by Gasteiger charge is 2.58. The largest absolute Gasteiger partial charge is 0.456 e. The van der Waals surface area contributed by atoms with E-state index >= 15 is 0 Å². The number of anilines is 1. The molecule has 0 radical (unpaired) electrons. The number of nitrogens with one attached hydrogen (secondary N) is 1. The van der Waals surface area contributed by atoms with Gasteiger partial charge in [0.2, 0.25) is 11.2 Å². The van der Waals surface area contributed by atoms with E-state index < -0.39 is 24.7 Å². The number of ether oxygens (including phenoxy) is 1. The monoisotopic (exact) mass is 320 g/mol. The van der Waals surface area contributed by atoms with Crippen LogP contribution in [0.25, 0.3) is 0 Å².